The number of carbonyl (C=O) groups is 2. The molecule has 2 fully saturated rings. The van der Waals surface area contributed by atoms with Gasteiger partial charge in [-0.1, -0.05) is 55.3 Å². The largest absolute Gasteiger partial charge is 0.352 e. The van der Waals surface area contributed by atoms with Gasteiger partial charge in [0.1, 0.15) is 6.04 Å². The Morgan fingerprint density at radius 3 is 2.17 bits per heavy atom. The molecule has 0 spiro atoms. The summed E-state index contributed by atoms with van der Waals surface area (Å²) in [7, 11) is -3.48. The lowest BCUT2D eigenvalue weighted by Gasteiger charge is -2.20. The van der Waals surface area contributed by atoms with Crippen LogP contribution in [0.2, 0.25) is 0 Å². The van der Waals surface area contributed by atoms with Gasteiger partial charge in [-0.25, -0.2) is 8.42 Å². The summed E-state index contributed by atoms with van der Waals surface area (Å²) in [5.41, 5.74) is 1.88. The molecule has 35 heavy (non-hydrogen) atoms. The molecule has 2 amide bonds. The Hall–Kier alpha value is -2.71. The van der Waals surface area contributed by atoms with E-state index in [1.807, 2.05) is 30.3 Å². The van der Waals surface area contributed by atoms with Crippen LogP contribution in [0, 0.1) is 0 Å². The van der Waals surface area contributed by atoms with Crippen molar-refractivity contribution in [2.75, 3.05) is 13.1 Å². The number of hydrogen-bond donors (Lipinski definition) is 2. The summed E-state index contributed by atoms with van der Waals surface area (Å²) in [6, 6.07) is 16.1. The minimum atomic E-state index is -3.48. The first-order valence-corrected chi connectivity index (χ1v) is 14.1. The first-order valence-electron chi connectivity index (χ1n) is 12.6. The molecule has 0 aromatic heterocycles. The second-order valence-electron chi connectivity index (χ2n) is 9.55. The van der Waals surface area contributed by atoms with Crippen LogP contribution in [0.3, 0.4) is 0 Å². The van der Waals surface area contributed by atoms with Crippen molar-refractivity contribution in [3.63, 3.8) is 0 Å². The fraction of sp³-hybridized carbons (Fsp3) is 0.481. The van der Waals surface area contributed by atoms with Crippen molar-refractivity contribution in [2.45, 2.75) is 74.8 Å². The molecule has 1 saturated heterocycles. The summed E-state index contributed by atoms with van der Waals surface area (Å²) in [5.74, 6) is -0.342. The molecule has 1 atom stereocenters. The molecule has 1 aliphatic heterocycles. The lowest BCUT2D eigenvalue weighted by molar-refractivity contribution is -0.129. The molecule has 0 radical (unpaired) electrons. The first-order chi connectivity index (χ1) is 16.9. The SMILES string of the molecule is O=C(CCc1ccc(S(=O)(=O)N2CCCCCC2)cc1)NC(Cc1ccccc1)C(=O)NC1CC1. The molecule has 2 aromatic rings. The predicted octanol–water partition coefficient (Wildman–Crippen LogP) is 3.19. The topological polar surface area (TPSA) is 95.6 Å². The Morgan fingerprint density at radius 1 is 0.886 bits per heavy atom. The van der Waals surface area contributed by atoms with Crippen LogP contribution in [0.15, 0.2) is 59.5 Å². The second kappa shape index (κ2) is 11.8. The number of nitrogens with one attached hydrogen (secondary N) is 2. The second-order valence-corrected chi connectivity index (χ2v) is 11.5. The van der Waals surface area contributed by atoms with E-state index in [9.17, 15) is 18.0 Å². The van der Waals surface area contributed by atoms with Gasteiger partial charge in [0.2, 0.25) is 21.8 Å². The van der Waals surface area contributed by atoms with E-state index < -0.39 is 16.1 Å². The minimum Gasteiger partial charge on any atom is -0.352 e. The molecule has 0 bridgehead atoms. The first kappa shape index (κ1) is 25.4. The van der Waals surface area contributed by atoms with E-state index >= 15 is 0 Å². The van der Waals surface area contributed by atoms with Crippen molar-refractivity contribution in [1.82, 2.24) is 14.9 Å². The van der Waals surface area contributed by atoms with Gasteiger partial charge in [-0.05, 0) is 55.4 Å². The van der Waals surface area contributed by atoms with Crippen molar-refractivity contribution in [3.8, 4) is 0 Å². The minimum absolute atomic E-state index is 0.146. The highest BCUT2D eigenvalue weighted by Crippen LogP contribution is 2.21. The van der Waals surface area contributed by atoms with Gasteiger partial charge in [0.25, 0.3) is 0 Å². The highest BCUT2D eigenvalue weighted by molar-refractivity contribution is 7.89. The van der Waals surface area contributed by atoms with Crippen LogP contribution in [0.25, 0.3) is 0 Å². The maximum absolute atomic E-state index is 13.0. The number of sulfonamides is 1. The zero-order valence-corrected chi connectivity index (χ0v) is 20.9. The van der Waals surface area contributed by atoms with Crippen LogP contribution >= 0.6 is 0 Å². The van der Waals surface area contributed by atoms with Crippen molar-refractivity contribution in [3.05, 3.63) is 65.7 Å². The van der Waals surface area contributed by atoms with Crippen LogP contribution in [-0.4, -0.2) is 49.7 Å². The molecular weight excluding hydrogens is 462 g/mol. The molecule has 4 rings (SSSR count). The summed E-state index contributed by atoms with van der Waals surface area (Å²) >= 11 is 0. The van der Waals surface area contributed by atoms with E-state index in [1.54, 1.807) is 28.6 Å². The van der Waals surface area contributed by atoms with Gasteiger partial charge in [0.05, 0.1) is 4.90 Å². The van der Waals surface area contributed by atoms with Crippen molar-refractivity contribution in [1.29, 1.82) is 0 Å². The van der Waals surface area contributed by atoms with Crippen molar-refractivity contribution >= 4 is 21.8 Å². The van der Waals surface area contributed by atoms with Gasteiger partial charge in [-0.2, -0.15) is 4.31 Å². The molecule has 2 aliphatic rings. The third-order valence-corrected chi connectivity index (χ3v) is 8.54. The van der Waals surface area contributed by atoms with E-state index in [-0.39, 0.29) is 24.3 Å². The van der Waals surface area contributed by atoms with Crippen LogP contribution in [0.4, 0.5) is 0 Å². The fourth-order valence-electron chi connectivity index (χ4n) is 4.37. The smallest absolute Gasteiger partial charge is 0.243 e. The van der Waals surface area contributed by atoms with Crippen LogP contribution < -0.4 is 10.6 Å². The molecule has 7 nitrogen and oxygen atoms in total. The number of hydrogen-bond acceptors (Lipinski definition) is 4. The van der Waals surface area contributed by atoms with Gasteiger partial charge >= 0.3 is 0 Å². The highest BCUT2D eigenvalue weighted by Gasteiger charge is 2.29. The Bertz CT molecular complexity index is 1090. The van der Waals surface area contributed by atoms with Crippen molar-refractivity contribution < 1.29 is 18.0 Å². The zero-order valence-electron chi connectivity index (χ0n) is 20.1. The number of carbonyl (C=O) groups excluding carboxylic acids is 2. The molecule has 2 N–H and O–H groups in total. The predicted molar refractivity (Wildman–Crippen MR) is 135 cm³/mol. The lowest BCUT2D eigenvalue weighted by atomic mass is 10.0. The van der Waals surface area contributed by atoms with Gasteiger partial charge in [-0.15, -0.1) is 0 Å². The molecule has 8 heteroatoms. The molecule has 188 valence electrons. The van der Waals surface area contributed by atoms with Gasteiger partial charge in [0, 0.05) is 32.0 Å². The van der Waals surface area contributed by atoms with E-state index in [2.05, 4.69) is 10.6 Å². The molecule has 1 unspecified atom stereocenters. The molecule has 1 saturated carbocycles. The van der Waals surface area contributed by atoms with E-state index in [4.69, 9.17) is 0 Å². The van der Waals surface area contributed by atoms with Crippen LogP contribution in [0.5, 0.6) is 0 Å². The molecule has 2 aromatic carbocycles. The Labute approximate surface area is 208 Å². The summed E-state index contributed by atoms with van der Waals surface area (Å²) in [4.78, 5) is 25.7. The maximum atomic E-state index is 13.0. The van der Waals surface area contributed by atoms with E-state index in [0.717, 1.165) is 49.7 Å². The fourth-order valence-corrected chi connectivity index (χ4v) is 5.89. The molecule has 1 heterocycles. The zero-order chi connectivity index (χ0) is 24.7. The van der Waals surface area contributed by atoms with Gasteiger partial charge in [-0.3, -0.25) is 9.59 Å². The average molecular weight is 498 g/mol. The Balaban J connectivity index is 1.32. The normalized spacial score (nSPS) is 17.8. The summed E-state index contributed by atoms with van der Waals surface area (Å²) < 4.78 is 27.5. The Morgan fingerprint density at radius 2 is 1.54 bits per heavy atom. The quantitative estimate of drug-likeness (QED) is 0.527. The van der Waals surface area contributed by atoms with Gasteiger partial charge < -0.3 is 10.6 Å². The number of amides is 2. The lowest BCUT2D eigenvalue weighted by Crippen LogP contribution is -2.48. The molecular formula is C27H35N3O4S. The average Bonchev–Trinajstić information content (AvgIpc) is 3.70. The number of aryl methyl sites for hydroxylation is 1. The maximum Gasteiger partial charge on any atom is 0.243 e. The number of nitrogens with zero attached hydrogens (tertiary/aromatic N) is 1. The Kier molecular flexibility index (Phi) is 8.57. The number of rotatable bonds is 10. The molecule has 1 aliphatic carbocycles. The summed E-state index contributed by atoms with van der Waals surface area (Å²) in [6.45, 7) is 1.14. The van der Waals surface area contributed by atoms with E-state index in [0.29, 0.717) is 30.8 Å². The monoisotopic (exact) mass is 497 g/mol. The van der Waals surface area contributed by atoms with Crippen molar-refractivity contribution in [2.24, 2.45) is 0 Å². The summed E-state index contributed by atoms with van der Waals surface area (Å²) in [5, 5.41) is 5.89. The third-order valence-electron chi connectivity index (χ3n) is 6.62. The van der Waals surface area contributed by atoms with Crippen LogP contribution in [-0.2, 0) is 32.5 Å². The van der Waals surface area contributed by atoms with Gasteiger partial charge in [0.15, 0.2) is 0 Å². The third kappa shape index (κ3) is 7.39. The highest BCUT2D eigenvalue weighted by atomic mass is 32.2. The van der Waals surface area contributed by atoms with E-state index in [1.165, 1.54) is 0 Å². The number of benzene rings is 2. The van der Waals surface area contributed by atoms with Crippen LogP contribution in [0.1, 0.15) is 56.1 Å². The standard InChI is InChI=1S/C27H35N3O4S/c31-26(29-25(27(32)28-23-13-14-23)20-22-8-4-3-5-9-22)17-12-21-10-15-24(16-11-21)35(33,34)30-18-6-1-2-7-19-30/h3-5,8-11,15-16,23,25H,1-2,6-7,12-14,17-20H2,(H,28,32)(H,29,31). The summed E-state index contributed by atoms with van der Waals surface area (Å²) in [6.07, 6.45) is 7.05.